The highest BCUT2D eigenvalue weighted by atomic mass is 19.1. The molecule has 2 bridgehead atoms. The van der Waals surface area contributed by atoms with Crippen molar-refractivity contribution in [2.75, 3.05) is 69.7 Å². The Hall–Kier alpha value is -3.32. The fraction of sp³-hybridized carbons (Fsp3) is 0.677. The van der Waals surface area contributed by atoms with Crippen molar-refractivity contribution < 1.29 is 23.1 Å². The average Bonchev–Trinajstić information content (AvgIpc) is 3.57. The van der Waals surface area contributed by atoms with E-state index in [0.717, 1.165) is 38.4 Å². The number of carbonyl (C=O) groups excluding carboxylic acids is 2. The molecule has 1 aromatic heterocycles. The first-order valence-electron chi connectivity index (χ1n) is 15.7. The number of hydrogen-bond donors (Lipinski definition) is 3. The van der Waals surface area contributed by atoms with Crippen LogP contribution < -0.4 is 16.0 Å². The average molecular weight is 615 g/mol. The van der Waals surface area contributed by atoms with E-state index < -0.39 is 29.8 Å². The van der Waals surface area contributed by atoms with E-state index in [4.69, 9.17) is 15.9 Å². The molecule has 4 saturated heterocycles. The zero-order chi connectivity index (χ0) is 31.4. The molecule has 0 aromatic carbocycles. The Bertz CT molecular complexity index is 1370. The number of fused-ring (bicyclic) bond motifs is 4. The van der Waals surface area contributed by atoms with Gasteiger partial charge in [0, 0.05) is 57.6 Å². The number of nitrogens with two attached hydrogens (primary N) is 1. The number of piperazine rings is 1. The SMILES string of the molecule is C/C(=C(\C(=N)N)C(=O)Nc1cncc(F)c1N1CCN(C(=O)C2CN(C)CCO2)CC1)N1CC(F)CC23CCC1CC2(C)C3. The van der Waals surface area contributed by atoms with Gasteiger partial charge < -0.3 is 35.4 Å². The van der Waals surface area contributed by atoms with Gasteiger partial charge in [0.1, 0.15) is 23.8 Å². The van der Waals surface area contributed by atoms with E-state index in [-0.39, 0.29) is 46.3 Å². The number of anilines is 2. The van der Waals surface area contributed by atoms with Crippen LogP contribution in [0.25, 0.3) is 0 Å². The van der Waals surface area contributed by atoms with Gasteiger partial charge in [-0.1, -0.05) is 6.92 Å². The van der Waals surface area contributed by atoms with Crippen LogP contribution in [0.4, 0.5) is 20.2 Å². The topological polar surface area (TPSA) is 131 Å². The molecule has 44 heavy (non-hydrogen) atoms. The molecule has 2 aliphatic carbocycles. The first-order chi connectivity index (χ1) is 20.9. The highest BCUT2D eigenvalue weighted by Crippen LogP contribution is 2.74. The van der Waals surface area contributed by atoms with Gasteiger partial charge in [-0.3, -0.25) is 20.0 Å². The zero-order valence-electron chi connectivity index (χ0n) is 25.9. The van der Waals surface area contributed by atoms with Crippen LogP contribution in [0.3, 0.4) is 0 Å². The van der Waals surface area contributed by atoms with Crippen molar-refractivity contribution in [3.8, 4) is 0 Å². The van der Waals surface area contributed by atoms with Gasteiger partial charge in [-0.05, 0) is 56.9 Å². The van der Waals surface area contributed by atoms with Crippen LogP contribution >= 0.6 is 0 Å². The molecule has 2 saturated carbocycles. The maximum absolute atomic E-state index is 15.3. The summed E-state index contributed by atoms with van der Waals surface area (Å²) in [6.07, 6.45) is 5.24. The monoisotopic (exact) mass is 614 g/mol. The zero-order valence-corrected chi connectivity index (χ0v) is 25.9. The molecule has 11 nitrogen and oxygen atoms in total. The Labute approximate surface area is 257 Å². The minimum atomic E-state index is -1.04. The van der Waals surface area contributed by atoms with Crippen molar-refractivity contribution in [3.63, 3.8) is 0 Å². The quantitative estimate of drug-likeness (QED) is 0.253. The molecule has 240 valence electrons. The van der Waals surface area contributed by atoms with Gasteiger partial charge in [-0.25, -0.2) is 8.78 Å². The van der Waals surface area contributed by atoms with E-state index >= 15 is 8.78 Å². The summed E-state index contributed by atoms with van der Waals surface area (Å²) in [7, 11) is 1.95. The summed E-state index contributed by atoms with van der Waals surface area (Å²) in [5.41, 5.74) is 6.89. The van der Waals surface area contributed by atoms with Crippen LogP contribution in [-0.2, 0) is 14.3 Å². The number of morpholine rings is 1. The van der Waals surface area contributed by atoms with E-state index in [9.17, 15) is 9.59 Å². The van der Waals surface area contributed by atoms with Gasteiger partial charge in [0.25, 0.3) is 11.8 Å². The third-order valence-corrected chi connectivity index (χ3v) is 10.8. The molecular formula is C31H44F2N8O3. The lowest BCUT2D eigenvalue weighted by molar-refractivity contribution is -0.149. The lowest BCUT2D eigenvalue weighted by Crippen LogP contribution is -2.55. The minimum Gasteiger partial charge on any atom is -0.383 e. The molecule has 6 fully saturated rings. The largest absolute Gasteiger partial charge is 0.383 e. The number of amidine groups is 1. The van der Waals surface area contributed by atoms with E-state index in [1.807, 2.05) is 11.9 Å². The number of likely N-dealkylation sites (N-methyl/N-ethyl adjacent to an activating group) is 1. The molecule has 5 unspecified atom stereocenters. The van der Waals surface area contributed by atoms with Gasteiger partial charge in [0.2, 0.25) is 0 Å². The van der Waals surface area contributed by atoms with Crippen LogP contribution in [0.15, 0.2) is 23.7 Å². The van der Waals surface area contributed by atoms with Crippen LogP contribution in [-0.4, -0.2) is 115 Å². The first kappa shape index (κ1) is 30.7. The molecule has 2 amide bonds. The second-order valence-corrected chi connectivity index (χ2v) is 13.6. The predicted molar refractivity (Wildman–Crippen MR) is 162 cm³/mol. The summed E-state index contributed by atoms with van der Waals surface area (Å²) < 4.78 is 36.3. The molecule has 13 heteroatoms. The lowest BCUT2D eigenvalue weighted by Gasteiger charge is -2.45. The number of carbonyl (C=O) groups is 2. The van der Waals surface area contributed by atoms with Crippen molar-refractivity contribution in [1.29, 1.82) is 5.41 Å². The third-order valence-electron chi connectivity index (χ3n) is 10.8. The summed E-state index contributed by atoms with van der Waals surface area (Å²) in [6.45, 7) is 7.36. The van der Waals surface area contributed by atoms with Crippen LogP contribution in [0, 0.1) is 22.1 Å². The molecule has 4 N–H and O–H groups in total. The number of pyridine rings is 1. The highest BCUT2D eigenvalue weighted by Gasteiger charge is 2.67. The Morgan fingerprint density at radius 1 is 1.16 bits per heavy atom. The molecule has 5 atom stereocenters. The molecular weight excluding hydrogens is 570 g/mol. The second kappa shape index (κ2) is 11.6. The molecule has 6 aliphatic rings. The first-order valence-corrected chi connectivity index (χ1v) is 15.7. The molecule has 1 aromatic rings. The lowest BCUT2D eigenvalue weighted by atomic mass is 9.73. The molecule has 7 rings (SSSR count). The fourth-order valence-electron chi connectivity index (χ4n) is 8.33. The normalized spacial score (nSPS) is 32.8. The van der Waals surface area contributed by atoms with Crippen LogP contribution in [0.2, 0.25) is 0 Å². The predicted octanol–water partition coefficient (Wildman–Crippen LogP) is 2.34. The number of amides is 2. The van der Waals surface area contributed by atoms with Crippen molar-refractivity contribution in [3.05, 3.63) is 29.5 Å². The van der Waals surface area contributed by atoms with E-state index in [1.54, 1.807) is 16.7 Å². The van der Waals surface area contributed by atoms with Crippen molar-refractivity contribution >= 4 is 29.0 Å². The van der Waals surface area contributed by atoms with Gasteiger partial charge >= 0.3 is 0 Å². The summed E-state index contributed by atoms with van der Waals surface area (Å²) >= 11 is 0. The highest BCUT2D eigenvalue weighted by molar-refractivity contribution is 6.24. The Morgan fingerprint density at radius 3 is 2.59 bits per heavy atom. The number of hydrogen-bond acceptors (Lipinski definition) is 8. The number of alkyl halides is 1. The van der Waals surface area contributed by atoms with Gasteiger partial charge in [-0.15, -0.1) is 0 Å². The number of halogens is 2. The smallest absolute Gasteiger partial charge is 0.261 e. The number of ether oxygens (including phenoxy) is 1. The van der Waals surface area contributed by atoms with Crippen molar-refractivity contribution in [1.82, 2.24) is 19.7 Å². The molecule has 5 heterocycles. The minimum absolute atomic E-state index is 0.0566. The summed E-state index contributed by atoms with van der Waals surface area (Å²) in [6, 6.07) is 0.0566. The number of nitrogens with one attached hydrogen (secondary N) is 2. The Kier molecular flexibility index (Phi) is 8.06. The van der Waals surface area contributed by atoms with Gasteiger partial charge in [0.05, 0.1) is 30.3 Å². The number of aromatic nitrogens is 1. The van der Waals surface area contributed by atoms with Crippen molar-refractivity contribution in [2.45, 2.75) is 64.3 Å². The summed E-state index contributed by atoms with van der Waals surface area (Å²) in [5.74, 6) is -1.80. The molecule has 4 aliphatic heterocycles. The standard InChI is InChI=1S/C31H44F2N8O3/c1-19(41-16-20(32)12-31-5-4-21(41)13-30(31,2)18-31)25(27(34)35)28(42)37-23-15-36-14-22(33)26(23)39-6-8-40(9-7-39)29(43)24-17-38(3)10-11-44-24/h14-15,20-21,24H,4-13,16-18H2,1-3H3,(H3,34,35)(H,37,42)/b25-19-. The van der Waals surface area contributed by atoms with Gasteiger partial charge in [-0.2, -0.15) is 0 Å². The Morgan fingerprint density at radius 2 is 1.91 bits per heavy atom. The van der Waals surface area contributed by atoms with Crippen molar-refractivity contribution in [2.24, 2.45) is 16.6 Å². The van der Waals surface area contributed by atoms with E-state index in [1.165, 1.54) is 6.20 Å². The summed E-state index contributed by atoms with van der Waals surface area (Å²) in [4.78, 5) is 38.3. The maximum atomic E-state index is 15.3. The molecule has 0 radical (unpaired) electrons. The van der Waals surface area contributed by atoms with E-state index in [2.05, 4.69) is 22.1 Å². The molecule has 1 spiro atoms. The third kappa shape index (κ3) is 5.53. The number of allylic oxidation sites excluding steroid dienone is 1. The summed E-state index contributed by atoms with van der Waals surface area (Å²) in [5, 5.41) is 11.1. The Balaban J connectivity index is 1.19. The van der Waals surface area contributed by atoms with E-state index in [0.29, 0.717) is 51.4 Å². The maximum Gasteiger partial charge on any atom is 0.261 e. The van der Waals surface area contributed by atoms with Crippen LogP contribution in [0.1, 0.15) is 46.0 Å². The fourth-order valence-corrected chi connectivity index (χ4v) is 8.33. The number of nitrogens with zero attached hydrogens (tertiary/aromatic N) is 5. The van der Waals surface area contributed by atoms with Gasteiger partial charge in [0.15, 0.2) is 5.82 Å². The van der Waals surface area contributed by atoms with Crippen LogP contribution in [0.5, 0.6) is 0 Å². The number of rotatable bonds is 6. The second-order valence-electron chi connectivity index (χ2n) is 13.6.